The standard InChI is InChI=1S/C16H14O2S5/c1-9-5-6-12(20-9)16-15-10(8-13(21-15)23(2,17)18)14(22-16)11-4-3-7-19-11/h3-8,17-18H,1-2H3. The Morgan fingerprint density at radius 3 is 2.39 bits per heavy atom. The van der Waals surface area contributed by atoms with Gasteiger partial charge in [-0.15, -0.1) is 45.3 Å². The molecule has 0 aliphatic rings. The molecule has 2 N–H and O–H groups in total. The summed E-state index contributed by atoms with van der Waals surface area (Å²) >= 11 is 6.82. The van der Waals surface area contributed by atoms with Gasteiger partial charge in [-0.05, 0) is 36.6 Å². The molecule has 23 heavy (non-hydrogen) atoms. The molecule has 0 amide bonds. The molecule has 2 nitrogen and oxygen atoms in total. The minimum Gasteiger partial charge on any atom is -0.294 e. The highest BCUT2D eigenvalue weighted by Crippen LogP contribution is 2.56. The van der Waals surface area contributed by atoms with Gasteiger partial charge in [0.2, 0.25) is 0 Å². The molecule has 4 aromatic heterocycles. The summed E-state index contributed by atoms with van der Waals surface area (Å²) in [4.78, 5) is 6.23. The van der Waals surface area contributed by atoms with E-state index in [1.807, 2.05) is 6.07 Å². The van der Waals surface area contributed by atoms with Crippen LogP contribution < -0.4 is 0 Å². The first-order valence-electron chi connectivity index (χ1n) is 6.84. The molecular weight excluding hydrogens is 385 g/mol. The quantitative estimate of drug-likeness (QED) is 0.376. The van der Waals surface area contributed by atoms with Crippen molar-refractivity contribution in [3.63, 3.8) is 0 Å². The molecule has 4 rings (SSSR count). The Hall–Kier alpha value is -0.670. The normalized spacial score (nSPS) is 13.0. The summed E-state index contributed by atoms with van der Waals surface area (Å²) in [5.74, 6) is 0. The van der Waals surface area contributed by atoms with E-state index in [1.165, 1.54) is 42.0 Å². The van der Waals surface area contributed by atoms with Crippen LogP contribution in [0.3, 0.4) is 0 Å². The smallest absolute Gasteiger partial charge is 0.112 e. The Morgan fingerprint density at radius 1 is 0.957 bits per heavy atom. The van der Waals surface area contributed by atoms with Crippen molar-refractivity contribution in [2.45, 2.75) is 11.1 Å². The lowest BCUT2D eigenvalue weighted by molar-refractivity contribution is 0.497. The highest BCUT2D eigenvalue weighted by molar-refractivity contribution is 8.25. The zero-order chi connectivity index (χ0) is 16.2. The number of fused-ring (bicyclic) bond motifs is 1. The lowest BCUT2D eigenvalue weighted by Gasteiger charge is -2.24. The Bertz CT molecular complexity index is 966. The van der Waals surface area contributed by atoms with Crippen molar-refractivity contribution in [1.29, 1.82) is 0 Å². The van der Waals surface area contributed by atoms with E-state index in [4.69, 9.17) is 0 Å². The molecule has 0 saturated carbocycles. The molecule has 0 fully saturated rings. The molecule has 4 aromatic rings. The minimum atomic E-state index is -2.68. The lowest BCUT2D eigenvalue weighted by Crippen LogP contribution is -1.90. The molecule has 4 heterocycles. The van der Waals surface area contributed by atoms with Gasteiger partial charge in [-0.1, -0.05) is 6.07 Å². The minimum absolute atomic E-state index is 0.669. The highest BCUT2D eigenvalue weighted by atomic mass is 32.3. The first-order valence-corrected chi connectivity index (χ1v) is 12.1. The third-order valence-electron chi connectivity index (χ3n) is 3.45. The molecule has 0 unspecified atom stereocenters. The molecule has 0 aliphatic heterocycles. The van der Waals surface area contributed by atoms with Crippen molar-refractivity contribution in [2.75, 3.05) is 6.26 Å². The largest absolute Gasteiger partial charge is 0.294 e. The van der Waals surface area contributed by atoms with Gasteiger partial charge in [0, 0.05) is 26.3 Å². The average Bonchev–Trinajstić information content (AvgIpc) is 3.20. The maximum Gasteiger partial charge on any atom is 0.112 e. The average molecular weight is 399 g/mol. The fraction of sp³-hybridized carbons (Fsp3) is 0.125. The Labute approximate surface area is 152 Å². The second-order valence-electron chi connectivity index (χ2n) is 5.29. The third-order valence-corrected chi connectivity index (χ3v) is 10.0. The molecule has 120 valence electrons. The number of hydrogen-bond donors (Lipinski definition) is 2. The summed E-state index contributed by atoms with van der Waals surface area (Å²) in [5, 5.41) is 3.22. The summed E-state index contributed by atoms with van der Waals surface area (Å²) in [6.07, 6.45) is 1.50. The van der Waals surface area contributed by atoms with Crippen LogP contribution in [0.15, 0.2) is 39.9 Å². The summed E-state index contributed by atoms with van der Waals surface area (Å²) in [5.41, 5.74) is 0. The van der Waals surface area contributed by atoms with Gasteiger partial charge < -0.3 is 0 Å². The monoisotopic (exact) mass is 398 g/mol. The summed E-state index contributed by atoms with van der Waals surface area (Å²) < 4.78 is 21.9. The molecular formula is C16H14O2S5. The summed E-state index contributed by atoms with van der Waals surface area (Å²) in [6.45, 7) is 2.11. The zero-order valence-corrected chi connectivity index (χ0v) is 16.5. The fourth-order valence-electron chi connectivity index (χ4n) is 2.41. The maximum atomic E-state index is 10.1. The summed E-state index contributed by atoms with van der Waals surface area (Å²) in [7, 11) is -2.68. The third kappa shape index (κ3) is 2.80. The fourth-order valence-corrected chi connectivity index (χ4v) is 7.89. The van der Waals surface area contributed by atoms with Crippen LogP contribution in [-0.4, -0.2) is 15.4 Å². The molecule has 0 aromatic carbocycles. The van der Waals surface area contributed by atoms with E-state index in [0.29, 0.717) is 4.21 Å². The first kappa shape index (κ1) is 15.8. The SMILES string of the molecule is Cc1ccc(-c2sc(-c3cccs3)c3cc(S(C)(O)O)sc23)s1. The van der Waals surface area contributed by atoms with E-state index in [1.54, 1.807) is 34.0 Å². The van der Waals surface area contributed by atoms with Crippen LogP contribution in [0.5, 0.6) is 0 Å². The Morgan fingerprint density at radius 2 is 1.78 bits per heavy atom. The van der Waals surface area contributed by atoms with Gasteiger partial charge in [0.05, 0.1) is 14.5 Å². The molecule has 0 aliphatic carbocycles. The first-order chi connectivity index (χ1) is 10.9. The number of thiophene rings is 4. The van der Waals surface area contributed by atoms with Crippen LogP contribution in [0.4, 0.5) is 0 Å². The molecule has 7 heteroatoms. The van der Waals surface area contributed by atoms with Gasteiger partial charge in [-0.3, -0.25) is 9.11 Å². The van der Waals surface area contributed by atoms with Gasteiger partial charge in [0.1, 0.15) is 4.21 Å². The highest BCUT2D eigenvalue weighted by Gasteiger charge is 2.22. The van der Waals surface area contributed by atoms with Crippen molar-refractivity contribution >= 4 is 66.0 Å². The number of hydrogen-bond acceptors (Lipinski definition) is 6. The second-order valence-corrected chi connectivity index (χ2v) is 12.0. The van der Waals surface area contributed by atoms with E-state index >= 15 is 0 Å². The van der Waals surface area contributed by atoms with Gasteiger partial charge in [0.15, 0.2) is 0 Å². The lowest BCUT2D eigenvalue weighted by atomic mass is 10.2. The predicted octanol–water partition coefficient (Wildman–Crippen LogP) is 7.47. The molecule has 0 bridgehead atoms. The van der Waals surface area contributed by atoms with Crippen LogP contribution in [0.2, 0.25) is 0 Å². The molecule has 0 saturated heterocycles. The number of rotatable bonds is 3. The van der Waals surface area contributed by atoms with Gasteiger partial charge in [-0.25, -0.2) is 0 Å². The summed E-state index contributed by atoms with van der Waals surface area (Å²) in [6, 6.07) is 10.4. The van der Waals surface area contributed by atoms with Crippen LogP contribution in [-0.2, 0) is 0 Å². The van der Waals surface area contributed by atoms with E-state index in [9.17, 15) is 9.11 Å². The van der Waals surface area contributed by atoms with Gasteiger partial charge >= 0.3 is 0 Å². The Kier molecular flexibility index (Phi) is 3.92. The van der Waals surface area contributed by atoms with E-state index in [0.717, 1.165) is 10.1 Å². The molecule has 0 radical (unpaired) electrons. The van der Waals surface area contributed by atoms with Crippen LogP contribution in [0, 0.1) is 6.92 Å². The van der Waals surface area contributed by atoms with E-state index in [2.05, 4.69) is 36.6 Å². The van der Waals surface area contributed by atoms with Crippen molar-refractivity contribution in [2.24, 2.45) is 0 Å². The van der Waals surface area contributed by atoms with Crippen LogP contribution in [0.25, 0.3) is 29.6 Å². The molecule has 0 atom stereocenters. The topological polar surface area (TPSA) is 40.5 Å². The van der Waals surface area contributed by atoms with E-state index < -0.39 is 10.6 Å². The van der Waals surface area contributed by atoms with Crippen LogP contribution >= 0.6 is 55.9 Å². The zero-order valence-electron chi connectivity index (χ0n) is 12.4. The van der Waals surface area contributed by atoms with Gasteiger partial charge in [-0.2, -0.15) is 10.6 Å². The predicted molar refractivity (Wildman–Crippen MR) is 108 cm³/mol. The second kappa shape index (κ2) is 5.70. The molecule has 0 spiro atoms. The van der Waals surface area contributed by atoms with Crippen molar-refractivity contribution in [3.05, 3.63) is 40.6 Å². The van der Waals surface area contributed by atoms with Crippen molar-refractivity contribution < 1.29 is 9.11 Å². The Balaban J connectivity index is 2.01. The van der Waals surface area contributed by atoms with Gasteiger partial charge in [0.25, 0.3) is 0 Å². The van der Waals surface area contributed by atoms with Crippen molar-refractivity contribution in [1.82, 2.24) is 0 Å². The van der Waals surface area contributed by atoms with Crippen LogP contribution in [0.1, 0.15) is 4.88 Å². The van der Waals surface area contributed by atoms with Crippen molar-refractivity contribution in [3.8, 4) is 19.5 Å². The maximum absolute atomic E-state index is 10.1. The van der Waals surface area contributed by atoms with E-state index in [-0.39, 0.29) is 0 Å². The number of aryl methyl sites for hydroxylation is 1.